The average molecular weight is 373 g/mol. The number of hydrogen-bond donors (Lipinski definition) is 1. The molecule has 1 spiro atoms. The molecule has 6 heteroatoms. The van der Waals surface area contributed by atoms with Crippen LogP contribution in [0, 0.1) is 11.8 Å². The molecule has 2 heterocycles. The molecule has 0 atom stereocenters. The SMILES string of the molecule is CNC1=Nc2cc(C#CCN3CCC(F)(F)CC3)c(OC)cc2C12CCC2. The van der Waals surface area contributed by atoms with Crippen LogP contribution in [0.4, 0.5) is 14.5 Å². The van der Waals surface area contributed by atoms with Gasteiger partial charge in [0.1, 0.15) is 11.6 Å². The highest BCUT2D eigenvalue weighted by Gasteiger charge is 2.48. The summed E-state index contributed by atoms with van der Waals surface area (Å²) in [5.41, 5.74) is 3.00. The Hall–Kier alpha value is -2.13. The predicted molar refractivity (Wildman–Crippen MR) is 102 cm³/mol. The Balaban J connectivity index is 1.54. The highest BCUT2D eigenvalue weighted by Crippen LogP contribution is 2.53. The third kappa shape index (κ3) is 3.19. The molecule has 2 fully saturated rings. The lowest BCUT2D eigenvalue weighted by atomic mass is 9.64. The molecule has 1 aliphatic carbocycles. The molecule has 27 heavy (non-hydrogen) atoms. The van der Waals surface area contributed by atoms with E-state index in [1.807, 2.05) is 18.0 Å². The smallest absolute Gasteiger partial charge is 0.250 e. The zero-order chi connectivity index (χ0) is 19.1. The van der Waals surface area contributed by atoms with Crippen molar-refractivity contribution >= 4 is 11.5 Å². The summed E-state index contributed by atoms with van der Waals surface area (Å²) in [6.07, 6.45) is 3.25. The molecule has 144 valence electrons. The minimum absolute atomic E-state index is 0.0162. The quantitative estimate of drug-likeness (QED) is 0.807. The molecule has 1 N–H and O–H groups in total. The first-order valence-electron chi connectivity index (χ1n) is 9.56. The fourth-order valence-corrected chi connectivity index (χ4v) is 4.28. The van der Waals surface area contributed by atoms with Gasteiger partial charge in [0.25, 0.3) is 5.92 Å². The van der Waals surface area contributed by atoms with E-state index in [2.05, 4.69) is 23.2 Å². The number of aliphatic imine (C=N–C) groups is 1. The van der Waals surface area contributed by atoms with Crippen LogP contribution in [0.2, 0.25) is 0 Å². The van der Waals surface area contributed by atoms with Crippen molar-refractivity contribution in [3.05, 3.63) is 23.3 Å². The Labute approximate surface area is 159 Å². The predicted octanol–water partition coefficient (Wildman–Crippen LogP) is 3.46. The van der Waals surface area contributed by atoms with Gasteiger partial charge < -0.3 is 10.1 Å². The summed E-state index contributed by atoms with van der Waals surface area (Å²) < 4.78 is 32.1. The van der Waals surface area contributed by atoms with Gasteiger partial charge in [0.2, 0.25) is 0 Å². The van der Waals surface area contributed by atoms with Crippen molar-refractivity contribution in [3.8, 4) is 17.6 Å². The number of amidine groups is 1. The Morgan fingerprint density at radius 1 is 1.22 bits per heavy atom. The molecular weight excluding hydrogens is 348 g/mol. The fraction of sp³-hybridized carbons (Fsp3) is 0.571. The molecule has 0 aromatic heterocycles. The van der Waals surface area contributed by atoms with Gasteiger partial charge in [0.15, 0.2) is 0 Å². The normalized spacial score (nSPS) is 22.3. The lowest BCUT2D eigenvalue weighted by molar-refractivity contribution is -0.0527. The van der Waals surface area contributed by atoms with Gasteiger partial charge in [0.05, 0.1) is 30.3 Å². The van der Waals surface area contributed by atoms with Crippen LogP contribution in [0.3, 0.4) is 0 Å². The molecule has 0 amide bonds. The Bertz CT molecular complexity index is 824. The third-order valence-corrected chi connectivity index (χ3v) is 6.08. The van der Waals surface area contributed by atoms with Gasteiger partial charge in [-0.05, 0) is 30.5 Å². The summed E-state index contributed by atoms with van der Waals surface area (Å²) in [6.45, 7) is 1.27. The number of benzene rings is 1. The maximum atomic E-state index is 13.3. The first-order valence-corrected chi connectivity index (χ1v) is 9.56. The summed E-state index contributed by atoms with van der Waals surface area (Å²) in [7, 11) is 3.58. The lowest BCUT2D eigenvalue weighted by Crippen LogP contribution is -2.45. The molecule has 1 saturated carbocycles. The number of ether oxygens (including phenoxy) is 1. The van der Waals surface area contributed by atoms with Crippen molar-refractivity contribution in [3.63, 3.8) is 0 Å². The molecule has 0 radical (unpaired) electrons. The summed E-state index contributed by atoms with van der Waals surface area (Å²) in [6, 6.07) is 4.07. The highest BCUT2D eigenvalue weighted by atomic mass is 19.3. The number of likely N-dealkylation sites (tertiary alicyclic amines) is 1. The van der Waals surface area contributed by atoms with Crippen LogP contribution >= 0.6 is 0 Å². The van der Waals surface area contributed by atoms with Crippen molar-refractivity contribution in [2.45, 2.75) is 43.4 Å². The largest absolute Gasteiger partial charge is 0.495 e. The van der Waals surface area contributed by atoms with Crippen LogP contribution in [-0.4, -0.2) is 50.4 Å². The summed E-state index contributed by atoms with van der Waals surface area (Å²) in [5.74, 6) is 5.56. The maximum Gasteiger partial charge on any atom is 0.250 e. The van der Waals surface area contributed by atoms with E-state index in [4.69, 9.17) is 9.73 Å². The molecule has 1 aromatic carbocycles. The number of nitrogens with one attached hydrogen (secondary N) is 1. The van der Waals surface area contributed by atoms with Gasteiger partial charge >= 0.3 is 0 Å². The van der Waals surface area contributed by atoms with Crippen molar-refractivity contribution in [1.82, 2.24) is 10.2 Å². The molecule has 4 nitrogen and oxygen atoms in total. The van der Waals surface area contributed by atoms with Gasteiger partial charge in [-0.15, -0.1) is 0 Å². The van der Waals surface area contributed by atoms with Gasteiger partial charge in [-0.3, -0.25) is 4.90 Å². The molecule has 0 unspecified atom stereocenters. The van der Waals surface area contributed by atoms with Crippen LogP contribution in [0.15, 0.2) is 17.1 Å². The number of likely N-dealkylation sites (N-methyl/N-ethyl adjacent to an activating group) is 1. The summed E-state index contributed by atoms with van der Waals surface area (Å²) >= 11 is 0. The second-order valence-corrected chi connectivity index (χ2v) is 7.65. The Morgan fingerprint density at radius 3 is 2.56 bits per heavy atom. The van der Waals surface area contributed by atoms with Crippen LogP contribution in [0.5, 0.6) is 5.75 Å². The Kier molecular flexibility index (Phi) is 4.59. The monoisotopic (exact) mass is 373 g/mol. The molecule has 1 saturated heterocycles. The number of piperidine rings is 1. The molecule has 2 aliphatic heterocycles. The second kappa shape index (κ2) is 6.79. The van der Waals surface area contributed by atoms with Gasteiger partial charge in [0, 0.05) is 33.0 Å². The van der Waals surface area contributed by atoms with Crippen molar-refractivity contribution in [1.29, 1.82) is 0 Å². The number of halogens is 2. The third-order valence-electron chi connectivity index (χ3n) is 6.08. The van der Waals surface area contributed by atoms with E-state index in [0.29, 0.717) is 19.6 Å². The van der Waals surface area contributed by atoms with Crippen molar-refractivity contribution in [2.75, 3.05) is 33.8 Å². The van der Waals surface area contributed by atoms with E-state index in [0.717, 1.165) is 35.7 Å². The average Bonchev–Trinajstić information content (AvgIpc) is 2.95. The highest BCUT2D eigenvalue weighted by molar-refractivity contribution is 6.01. The van der Waals surface area contributed by atoms with Gasteiger partial charge in [-0.1, -0.05) is 18.3 Å². The van der Waals surface area contributed by atoms with Gasteiger partial charge in [-0.2, -0.15) is 0 Å². The first-order chi connectivity index (χ1) is 13.0. The zero-order valence-corrected chi connectivity index (χ0v) is 15.9. The number of alkyl halides is 2. The van der Waals surface area contributed by atoms with E-state index in [1.54, 1.807) is 7.11 Å². The molecule has 4 rings (SSSR count). The Morgan fingerprint density at radius 2 is 1.96 bits per heavy atom. The van der Waals surface area contributed by atoms with Crippen molar-refractivity contribution < 1.29 is 13.5 Å². The van der Waals surface area contributed by atoms with Crippen LogP contribution in [0.25, 0.3) is 0 Å². The number of methoxy groups -OCH3 is 1. The van der Waals surface area contributed by atoms with Gasteiger partial charge in [-0.25, -0.2) is 13.8 Å². The van der Waals surface area contributed by atoms with Crippen molar-refractivity contribution in [2.24, 2.45) is 4.99 Å². The first kappa shape index (κ1) is 18.2. The number of nitrogens with zero attached hydrogens (tertiary/aromatic N) is 2. The van der Waals surface area contributed by atoms with Crippen LogP contribution in [-0.2, 0) is 5.41 Å². The summed E-state index contributed by atoms with van der Waals surface area (Å²) in [4.78, 5) is 6.76. The molecular formula is C21H25F2N3O. The van der Waals surface area contributed by atoms with E-state index in [9.17, 15) is 8.78 Å². The van der Waals surface area contributed by atoms with E-state index < -0.39 is 5.92 Å². The number of fused-ring (bicyclic) bond motifs is 2. The minimum Gasteiger partial charge on any atom is -0.495 e. The topological polar surface area (TPSA) is 36.9 Å². The minimum atomic E-state index is -2.52. The second-order valence-electron chi connectivity index (χ2n) is 7.65. The maximum absolute atomic E-state index is 13.3. The molecule has 3 aliphatic rings. The fourth-order valence-electron chi connectivity index (χ4n) is 4.28. The van der Waals surface area contributed by atoms with E-state index >= 15 is 0 Å². The lowest BCUT2D eigenvalue weighted by Gasteiger charge is -2.40. The van der Waals surface area contributed by atoms with Crippen LogP contribution in [0.1, 0.15) is 43.2 Å². The summed E-state index contributed by atoms with van der Waals surface area (Å²) in [5, 5.41) is 3.26. The number of rotatable bonds is 2. The van der Waals surface area contributed by atoms with E-state index in [1.165, 1.54) is 12.0 Å². The molecule has 1 aromatic rings. The zero-order valence-electron chi connectivity index (χ0n) is 15.9. The molecule has 0 bridgehead atoms. The number of hydrogen-bond acceptors (Lipinski definition) is 4. The van der Waals surface area contributed by atoms with E-state index in [-0.39, 0.29) is 18.3 Å². The standard InChI is InChI=1S/C21H25F2N3O/c1-24-19-20(6-4-7-20)16-14-18(27-2)15(13-17(16)25-19)5-3-10-26-11-8-21(22,23)9-12-26/h13-14H,4,6-12H2,1-2H3,(H,24,25). The van der Waals surface area contributed by atoms with Crippen LogP contribution < -0.4 is 10.1 Å².